The highest BCUT2D eigenvalue weighted by Crippen LogP contribution is 2.35. The molecule has 0 N–H and O–H groups in total. The van der Waals surface area contributed by atoms with Crippen LogP contribution < -0.4 is 0 Å². The molecular formula is C16H26F2N3O2PS. The molecular weight excluding hydrogens is 367 g/mol. The Labute approximate surface area is 154 Å². The summed E-state index contributed by atoms with van der Waals surface area (Å²) in [4.78, 5) is 21.5. The molecule has 0 aromatic heterocycles. The second-order valence-electron chi connectivity index (χ2n) is 6.69. The van der Waals surface area contributed by atoms with Gasteiger partial charge >= 0.3 is 0 Å². The lowest BCUT2D eigenvalue weighted by atomic mass is 9.86. The number of thioether (sulfide) groups is 1. The van der Waals surface area contributed by atoms with Gasteiger partial charge in [-0.25, -0.2) is 8.78 Å². The maximum absolute atomic E-state index is 12.9. The highest BCUT2D eigenvalue weighted by molar-refractivity contribution is 8.01. The molecule has 25 heavy (non-hydrogen) atoms. The van der Waals surface area contributed by atoms with Crippen LogP contribution in [-0.2, 0) is 9.63 Å². The molecule has 142 valence electrons. The van der Waals surface area contributed by atoms with Crippen molar-refractivity contribution < 1.29 is 18.4 Å². The quantitative estimate of drug-likeness (QED) is 0.624. The average Bonchev–Trinajstić information content (AvgIpc) is 2.93. The second-order valence-corrected chi connectivity index (χ2v) is 8.27. The minimum absolute atomic E-state index is 0.126. The topological polar surface area (TPSA) is 45.1 Å². The molecule has 2 heterocycles. The van der Waals surface area contributed by atoms with Gasteiger partial charge in [0.25, 0.3) is 5.66 Å². The van der Waals surface area contributed by atoms with Gasteiger partial charge < -0.3 is 14.6 Å². The van der Waals surface area contributed by atoms with Crippen molar-refractivity contribution in [1.29, 1.82) is 0 Å². The fourth-order valence-corrected chi connectivity index (χ4v) is 3.53. The number of hydrogen-bond donors (Lipinski definition) is 0. The minimum atomic E-state index is -2.87. The SMILES string of the molecule is CS/C=C\N(C)CC1=NOC2(CCN(C(=O)CCC(F)(F)P)CC2)C1. The van der Waals surface area contributed by atoms with E-state index in [1.54, 1.807) is 16.7 Å². The van der Waals surface area contributed by atoms with Crippen LogP contribution in [0.25, 0.3) is 0 Å². The third-order valence-corrected chi connectivity index (χ3v) is 5.16. The molecule has 2 rings (SSSR count). The fraction of sp³-hybridized carbons (Fsp3) is 0.750. The summed E-state index contributed by atoms with van der Waals surface area (Å²) in [5, 5.41) is 6.24. The molecule has 1 saturated heterocycles. The number of carbonyl (C=O) groups excluding carboxylic acids is 1. The summed E-state index contributed by atoms with van der Waals surface area (Å²) in [7, 11) is 3.47. The lowest BCUT2D eigenvalue weighted by Crippen LogP contribution is -2.47. The van der Waals surface area contributed by atoms with Gasteiger partial charge in [0.1, 0.15) is 5.60 Å². The molecule has 2 aliphatic rings. The fourth-order valence-electron chi connectivity index (χ4n) is 3.05. The van der Waals surface area contributed by atoms with Crippen molar-refractivity contribution in [2.75, 3.05) is 32.9 Å². The summed E-state index contributed by atoms with van der Waals surface area (Å²) < 4.78 is 25.7. The predicted molar refractivity (Wildman–Crippen MR) is 101 cm³/mol. The van der Waals surface area contributed by atoms with Crippen LogP contribution in [0.1, 0.15) is 32.1 Å². The van der Waals surface area contributed by atoms with Gasteiger partial charge in [0.05, 0.1) is 12.3 Å². The molecule has 1 unspecified atom stereocenters. The van der Waals surface area contributed by atoms with Crippen LogP contribution in [0.2, 0.25) is 0 Å². The van der Waals surface area contributed by atoms with E-state index in [0.717, 1.165) is 12.1 Å². The van der Waals surface area contributed by atoms with Crippen molar-refractivity contribution in [1.82, 2.24) is 9.80 Å². The van der Waals surface area contributed by atoms with E-state index in [1.165, 1.54) is 9.24 Å². The van der Waals surface area contributed by atoms with Gasteiger partial charge in [0.2, 0.25) is 5.91 Å². The summed E-state index contributed by atoms with van der Waals surface area (Å²) in [5.74, 6) is -0.210. The number of hydrogen-bond acceptors (Lipinski definition) is 5. The summed E-state index contributed by atoms with van der Waals surface area (Å²) >= 11 is 1.64. The Hall–Kier alpha value is -0.880. The number of oxime groups is 1. The number of likely N-dealkylation sites (tertiary alicyclic amines) is 1. The second kappa shape index (κ2) is 8.67. The first-order chi connectivity index (χ1) is 11.7. The van der Waals surface area contributed by atoms with E-state index in [-0.39, 0.29) is 17.9 Å². The first-order valence-corrected chi connectivity index (χ1v) is 10.2. The van der Waals surface area contributed by atoms with Gasteiger partial charge in [-0.15, -0.1) is 11.8 Å². The largest absolute Gasteiger partial charge is 0.389 e. The number of nitrogens with zero attached hydrogens (tertiary/aromatic N) is 3. The monoisotopic (exact) mass is 393 g/mol. The van der Waals surface area contributed by atoms with Crippen molar-refractivity contribution in [3.8, 4) is 0 Å². The van der Waals surface area contributed by atoms with Crippen LogP contribution in [0.15, 0.2) is 16.8 Å². The molecule has 1 spiro atoms. The molecule has 0 radical (unpaired) electrons. The van der Waals surface area contributed by atoms with Crippen molar-refractivity contribution in [2.45, 2.75) is 43.4 Å². The van der Waals surface area contributed by atoms with Gasteiger partial charge in [-0.05, 0) is 11.7 Å². The summed E-state index contributed by atoms with van der Waals surface area (Å²) in [5.41, 5.74) is -2.21. The maximum atomic E-state index is 12.9. The Morgan fingerprint density at radius 2 is 2.20 bits per heavy atom. The smallest absolute Gasteiger partial charge is 0.259 e. The van der Waals surface area contributed by atoms with Crippen molar-refractivity contribution in [2.24, 2.45) is 5.16 Å². The molecule has 1 fully saturated rings. The van der Waals surface area contributed by atoms with Gasteiger partial charge in [-0.2, -0.15) is 0 Å². The van der Waals surface area contributed by atoms with Crippen LogP contribution in [0.4, 0.5) is 8.78 Å². The lowest BCUT2D eigenvalue weighted by Gasteiger charge is -2.37. The molecule has 0 aliphatic carbocycles. The molecule has 0 bridgehead atoms. The Morgan fingerprint density at radius 3 is 2.80 bits per heavy atom. The number of amides is 1. The van der Waals surface area contributed by atoms with Crippen molar-refractivity contribution in [3.63, 3.8) is 0 Å². The molecule has 9 heteroatoms. The standard InChI is InChI=1S/C16H26F2N3O2PS/c1-20(9-10-25-2)12-13-11-15(23-19-13)5-7-21(8-6-15)14(22)3-4-16(17,18)24/h9-10H,3-8,11-12,24H2,1-2H3/b10-9-. The zero-order valence-electron chi connectivity index (χ0n) is 14.7. The number of halogens is 2. The Balaban J connectivity index is 1.77. The summed E-state index contributed by atoms with van der Waals surface area (Å²) in [6.45, 7) is 1.78. The van der Waals surface area contributed by atoms with Gasteiger partial charge in [0.15, 0.2) is 0 Å². The minimum Gasteiger partial charge on any atom is -0.389 e. The first kappa shape index (κ1) is 20.4. The molecule has 0 saturated carbocycles. The van der Waals surface area contributed by atoms with Gasteiger partial charge in [0, 0.05) is 58.4 Å². The van der Waals surface area contributed by atoms with Crippen LogP contribution >= 0.6 is 21.0 Å². The predicted octanol–water partition coefficient (Wildman–Crippen LogP) is 3.14. The normalized spacial score (nSPS) is 20.0. The van der Waals surface area contributed by atoms with E-state index in [4.69, 9.17) is 4.84 Å². The van der Waals surface area contributed by atoms with Gasteiger partial charge in [-0.3, -0.25) is 4.79 Å². The molecule has 2 aliphatic heterocycles. The van der Waals surface area contributed by atoms with E-state index in [0.29, 0.717) is 32.5 Å². The van der Waals surface area contributed by atoms with Gasteiger partial charge in [-0.1, -0.05) is 14.4 Å². The Bertz CT molecular complexity index is 532. The molecule has 1 amide bonds. The van der Waals surface area contributed by atoms with E-state index >= 15 is 0 Å². The van der Waals surface area contributed by atoms with Crippen LogP contribution in [0, 0.1) is 0 Å². The molecule has 1 atom stereocenters. The van der Waals surface area contributed by atoms with Crippen molar-refractivity contribution >= 4 is 32.6 Å². The van der Waals surface area contributed by atoms with Crippen LogP contribution in [-0.4, -0.2) is 65.6 Å². The van der Waals surface area contributed by atoms with Crippen molar-refractivity contribution in [3.05, 3.63) is 11.6 Å². The summed E-state index contributed by atoms with van der Waals surface area (Å²) in [6, 6.07) is 0. The number of piperidine rings is 1. The molecule has 0 aromatic rings. The van der Waals surface area contributed by atoms with Crippen LogP contribution in [0.5, 0.6) is 0 Å². The van der Waals surface area contributed by atoms with E-state index in [9.17, 15) is 13.6 Å². The molecule has 5 nitrogen and oxygen atoms in total. The van der Waals surface area contributed by atoms with E-state index < -0.39 is 12.1 Å². The number of carbonyl (C=O) groups is 1. The third kappa shape index (κ3) is 6.41. The Kier molecular flexibility index (Phi) is 7.09. The number of alkyl halides is 2. The first-order valence-electron chi connectivity index (χ1n) is 8.31. The van der Waals surface area contributed by atoms with E-state index in [1.807, 2.05) is 24.9 Å². The van der Waals surface area contributed by atoms with E-state index in [2.05, 4.69) is 10.1 Å². The molecule has 0 aromatic carbocycles. The average molecular weight is 393 g/mol. The van der Waals surface area contributed by atoms with Crippen LogP contribution in [0.3, 0.4) is 0 Å². The zero-order chi connectivity index (χ0) is 18.5. The highest BCUT2D eigenvalue weighted by atomic mass is 32.2. The highest BCUT2D eigenvalue weighted by Gasteiger charge is 2.42. The number of rotatable bonds is 7. The summed E-state index contributed by atoms with van der Waals surface area (Å²) in [6.07, 6.45) is 5.58. The maximum Gasteiger partial charge on any atom is 0.259 e. The third-order valence-electron chi connectivity index (χ3n) is 4.48. The zero-order valence-corrected chi connectivity index (χ0v) is 16.7. The Morgan fingerprint density at radius 1 is 1.52 bits per heavy atom. The lowest BCUT2D eigenvalue weighted by molar-refractivity contribution is -0.137.